The third kappa shape index (κ3) is 4.61. The number of hydrazine groups is 1. The van der Waals surface area contributed by atoms with Crippen molar-refractivity contribution in [3.8, 4) is 0 Å². The zero-order valence-corrected chi connectivity index (χ0v) is 10.5. The number of carbonyl (C=O) groups excluding carboxylic acids is 2. The Morgan fingerprint density at radius 1 is 1.65 bits per heavy atom. The Bertz CT molecular complexity index is 485. The first-order valence-corrected chi connectivity index (χ1v) is 5.61. The average Bonchev–Trinajstić information content (AvgIpc) is 2.45. The van der Waals surface area contributed by atoms with Gasteiger partial charge in [0, 0.05) is 0 Å². The molecule has 8 nitrogen and oxygen atoms in total. The van der Waals surface area contributed by atoms with E-state index in [9.17, 15) is 14.0 Å². The van der Waals surface area contributed by atoms with Gasteiger partial charge >= 0.3 is 0 Å². The summed E-state index contributed by atoms with van der Waals surface area (Å²) in [7, 11) is 0. The number of nitrogens with one attached hydrogen (secondary N) is 2. The van der Waals surface area contributed by atoms with E-state index in [0.29, 0.717) is 5.06 Å². The molecule has 1 rings (SSSR count). The van der Waals surface area contributed by atoms with Gasteiger partial charge in [0.15, 0.2) is 11.6 Å². The molecule has 0 fully saturated rings. The molecule has 1 unspecified atom stereocenters. The van der Waals surface area contributed by atoms with Gasteiger partial charge < -0.3 is 0 Å². The van der Waals surface area contributed by atoms with Crippen LogP contribution in [-0.2, 0) is 9.59 Å². The molecule has 1 aromatic rings. The maximum atomic E-state index is 13.2. The molecule has 1 aromatic heterocycles. The highest BCUT2D eigenvalue weighted by atomic mass is 19.1. The first-order chi connectivity index (χ1) is 9.58. The lowest BCUT2D eigenvalue weighted by Crippen LogP contribution is -2.40. The predicted octanol–water partition coefficient (Wildman–Crippen LogP) is 0.0987. The van der Waals surface area contributed by atoms with E-state index in [-0.39, 0.29) is 25.2 Å². The molecule has 108 valence electrons. The number of amides is 2. The highest BCUT2D eigenvalue weighted by Gasteiger charge is 2.19. The van der Waals surface area contributed by atoms with E-state index in [1.165, 1.54) is 6.08 Å². The van der Waals surface area contributed by atoms with Gasteiger partial charge in [0.1, 0.15) is 6.33 Å². The summed E-state index contributed by atoms with van der Waals surface area (Å²) >= 11 is 0. The summed E-state index contributed by atoms with van der Waals surface area (Å²) in [6.45, 7) is 3.27. The lowest BCUT2D eigenvalue weighted by atomic mass is 10.1. The average molecular weight is 283 g/mol. The number of halogens is 1. The van der Waals surface area contributed by atoms with Gasteiger partial charge in [-0.05, 0) is 6.42 Å². The second-order valence-corrected chi connectivity index (χ2v) is 3.78. The minimum absolute atomic E-state index is 0.181. The van der Waals surface area contributed by atoms with Crippen molar-refractivity contribution in [1.29, 1.82) is 0 Å². The molecule has 20 heavy (non-hydrogen) atoms. The fourth-order valence-electron chi connectivity index (χ4n) is 1.36. The van der Waals surface area contributed by atoms with Crippen LogP contribution in [0.5, 0.6) is 0 Å². The smallest absolute Gasteiger partial charge is 0.243 e. The number of hydroxylamine groups is 2. The maximum absolute atomic E-state index is 13.2. The van der Waals surface area contributed by atoms with Gasteiger partial charge in [-0.25, -0.2) is 19.4 Å². The van der Waals surface area contributed by atoms with Crippen LogP contribution in [0.4, 0.5) is 10.2 Å². The predicted molar refractivity (Wildman–Crippen MR) is 66.6 cm³/mol. The molecule has 0 bridgehead atoms. The van der Waals surface area contributed by atoms with E-state index in [0.717, 1.165) is 12.5 Å². The van der Waals surface area contributed by atoms with Gasteiger partial charge in [-0.2, -0.15) is 0 Å². The molecule has 1 atom stereocenters. The van der Waals surface area contributed by atoms with Crippen LogP contribution in [0.25, 0.3) is 0 Å². The maximum Gasteiger partial charge on any atom is 0.243 e. The Kier molecular flexibility index (Phi) is 6.04. The van der Waals surface area contributed by atoms with Crippen molar-refractivity contribution in [1.82, 2.24) is 20.5 Å². The summed E-state index contributed by atoms with van der Waals surface area (Å²) in [6, 6.07) is 0. The quantitative estimate of drug-likeness (QED) is 0.270. The van der Waals surface area contributed by atoms with Gasteiger partial charge in [0.2, 0.25) is 12.3 Å². The van der Waals surface area contributed by atoms with Gasteiger partial charge in [0.05, 0.1) is 18.7 Å². The zero-order chi connectivity index (χ0) is 15.0. The number of allylic oxidation sites excluding steroid dienone is 1. The van der Waals surface area contributed by atoms with Crippen molar-refractivity contribution in [2.75, 3.05) is 12.0 Å². The monoisotopic (exact) mass is 283 g/mol. The SMILES string of the molecule is C=CCC(CN(O)C=O)C(=O)NNc1ncncc1F. The molecule has 0 aromatic carbocycles. The van der Waals surface area contributed by atoms with Gasteiger partial charge in [0.25, 0.3) is 0 Å². The summed E-state index contributed by atoms with van der Waals surface area (Å²) in [4.78, 5) is 29.2. The van der Waals surface area contributed by atoms with Crippen molar-refractivity contribution >= 4 is 18.1 Å². The fourth-order valence-corrected chi connectivity index (χ4v) is 1.36. The molecule has 0 saturated carbocycles. The number of hydrogen-bond acceptors (Lipinski definition) is 6. The lowest BCUT2D eigenvalue weighted by molar-refractivity contribution is -0.154. The number of carbonyl (C=O) groups is 2. The van der Waals surface area contributed by atoms with Crippen LogP contribution in [0.2, 0.25) is 0 Å². The highest BCUT2D eigenvalue weighted by Crippen LogP contribution is 2.08. The van der Waals surface area contributed by atoms with E-state index in [1.807, 2.05) is 0 Å². The molecule has 0 aliphatic heterocycles. The Morgan fingerprint density at radius 2 is 2.40 bits per heavy atom. The van der Waals surface area contributed by atoms with E-state index in [1.54, 1.807) is 0 Å². The summed E-state index contributed by atoms with van der Waals surface area (Å²) in [5.74, 6) is -2.21. The van der Waals surface area contributed by atoms with Gasteiger partial charge in [-0.3, -0.25) is 25.6 Å². The fraction of sp³-hybridized carbons (Fsp3) is 0.273. The molecule has 0 radical (unpaired) electrons. The normalized spacial score (nSPS) is 11.3. The molecule has 0 aliphatic rings. The van der Waals surface area contributed by atoms with Crippen LogP contribution < -0.4 is 10.9 Å². The van der Waals surface area contributed by atoms with E-state index < -0.39 is 17.6 Å². The number of hydrogen-bond donors (Lipinski definition) is 3. The Balaban J connectivity index is 2.60. The van der Waals surface area contributed by atoms with Gasteiger partial charge in [-0.15, -0.1) is 6.58 Å². The standard InChI is InChI=1S/C11H14FN5O3/c1-2-3-8(5-17(20)7-18)11(19)16-15-10-9(12)4-13-6-14-10/h2,4,6-8,20H,1,3,5H2,(H,16,19)(H,13,14,15). The largest absolute Gasteiger partial charge is 0.286 e. The molecule has 9 heteroatoms. The van der Waals surface area contributed by atoms with E-state index >= 15 is 0 Å². The van der Waals surface area contributed by atoms with Crippen molar-refractivity contribution in [3.63, 3.8) is 0 Å². The van der Waals surface area contributed by atoms with Crippen molar-refractivity contribution in [2.24, 2.45) is 5.92 Å². The number of anilines is 1. The Hall–Kier alpha value is -2.55. The van der Waals surface area contributed by atoms with Crippen LogP contribution in [-0.4, -0.2) is 39.1 Å². The molecule has 0 spiro atoms. The van der Waals surface area contributed by atoms with Crippen molar-refractivity contribution < 1.29 is 19.2 Å². The van der Waals surface area contributed by atoms with Crippen LogP contribution in [0.1, 0.15) is 6.42 Å². The Morgan fingerprint density at radius 3 is 3.00 bits per heavy atom. The van der Waals surface area contributed by atoms with Crippen molar-refractivity contribution in [3.05, 3.63) is 31.0 Å². The Labute approximate surface area is 114 Å². The first kappa shape index (κ1) is 15.5. The summed E-state index contributed by atoms with van der Waals surface area (Å²) in [6.07, 6.45) is 3.92. The topological polar surface area (TPSA) is 107 Å². The van der Waals surface area contributed by atoms with Crippen LogP contribution in [0, 0.1) is 11.7 Å². The molecule has 0 aliphatic carbocycles. The third-order valence-electron chi connectivity index (χ3n) is 2.32. The van der Waals surface area contributed by atoms with Crippen molar-refractivity contribution in [2.45, 2.75) is 6.42 Å². The minimum Gasteiger partial charge on any atom is -0.286 e. The number of rotatable bonds is 8. The first-order valence-electron chi connectivity index (χ1n) is 5.61. The van der Waals surface area contributed by atoms with Crippen LogP contribution in [0.15, 0.2) is 25.2 Å². The lowest BCUT2D eigenvalue weighted by Gasteiger charge is -2.18. The van der Waals surface area contributed by atoms with E-state index in [4.69, 9.17) is 5.21 Å². The highest BCUT2D eigenvalue weighted by molar-refractivity contribution is 5.80. The van der Waals surface area contributed by atoms with Crippen LogP contribution >= 0.6 is 0 Å². The molecule has 3 N–H and O–H groups in total. The molecule has 2 amide bonds. The second-order valence-electron chi connectivity index (χ2n) is 3.78. The number of aromatic nitrogens is 2. The number of nitrogens with zero attached hydrogens (tertiary/aromatic N) is 3. The summed E-state index contributed by atoms with van der Waals surface area (Å²) < 4.78 is 13.2. The van der Waals surface area contributed by atoms with Gasteiger partial charge in [-0.1, -0.05) is 6.08 Å². The molecular formula is C11H14FN5O3. The minimum atomic E-state index is -0.736. The molecular weight excluding hydrogens is 269 g/mol. The third-order valence-corrected chi connectivity index (χ3v) is 2.32. The van der Waals surface area contributed by atoms with E-state index in [2.05, 4.69) is 27.4 Å². The van der Waals surface area contributed by atoms with Crippen LogP contribution in [0.3, 0.4) is 0 Å². The summed E-state index contributed by atoms with van der Waals surface area (Å²) in [5.41, 5.74) is 4.53. The summed E-state index contributed by atoms with van der Waals surface area (Å²) in [5, 5.41) is 9.43. The second kappa shape index (κ2) is 7.79. The zero-order valence-electron chi connectivity index (χ0n) is 10.5. The molecule has 1 heterocycles. The molecule has 0 saturated heterocycles.